The molecule has 3 N–H and O–H groups in total. The highest BCUT2D eigenvalue weighted by molar-refractivity contribution is 7.92. The van der Waals surface area contributed by atoms with Gasteiger partial charge in [-0.05, 0) is 18.2 Å². The zero-order chi connectivity index (χ0) is 12.2. The van der Waals surface area contributed by atoms with Gasteiger partial charge in [0.25, 0.3) is 0 Å². The first kappa shape index (κ1) is 12.8. The lowest BCUT2D eigenvalue weighted by Crippen LogP contribution is -2.10. The van der Waals surface area contributed by atoms with E-state index in [1.54, 1.807) is 18.2 Å². The summed E-state index contributed by atoms with van der Waals surface area (Å²) in [4.78, 5) is 0. The Labute approximate surface area is 99.8 Å². The van der Waals surface area contributed by atoms with Gasteiger partial charge in [-0.25, -0.2) is 8.42 Å². The Morgan fingerprint density at radius 3 is 2.75 bits per heavy atom. The fourth-order valence-corrected chi connectivity index (χ4v) is 1.82. The van der Waals surface area contributed by atoms with Crippen LogP contribution in [0.3, 0.4) is 0 Å². The number of hydrogen-bond acceptors (Lipinski definition) is 3. The van der Waals surface area contributed by atoms with Crippen molar-refractivity contribution < 1.29 is 8.42 Å². The van der Waals surface area contributed by atoms with E-state index in [1.165, 1.54) is 0 Å². The summed E-state index contributed by atoms with van der Waals surface area (Å²) in [5, 5.41) is 0.323. The summed E-state index contributed by atoms with van der Waals surface area (Å²) in [6.45, 7) is 0.247. The monoisotopic (exact) mass is 258 g/mol. The second-order valence-electron chi connectivity index (χ2n) is 3.07. The Kier molecular flexibility index (Phi) is 4.19. The van der Waals surface area contributed by atoms with Gasteiger partial charge in [0.1, 0.15) is 0 Å². The molecule has 0 unspecified atom stereocenters. The summed E-state index contributed by atoms with van der Waals surface area (Å²) >= 11 is 5.84. The fourth-order valence-electron chi connectivity index (χ4n) is 1.03. The van der Waals surface area contributed by atoms with Crippen molar-refractivity contribution in [3.05, 3.63) is 28.8 Å². The molecule has 0 saturated heterocycles. The van der Waals surface area contributed by atoms with Crippen LogP contribution in [-0.2, 0) is 10.0 Å². The van der Waals surface area contributed by atoms with Crippen LogP contribution in [-0.4, -0.2) is 21.2 Å². The molecule has 0 aliphatic rings. The Hall–Kier alpha value is -1.22. The zero-order valence-electron chi connectivity index (χ0n) is 8.62. The maximum absolute atomic E-state index is 11.1. The minimum atomic E-state index is -3.34. The van der Waals surface area contributed by atoms with Crippen molar-refractivity contribution in [1.29, 1.82) is 0 Å². The molecule has 0 spiro atoms. The lowest BCUT2D eigenvalue weighted by molar-refractivity contribution is 0.607. The van der Waals surface area contributed by atoms with Gasteiger partial charge < -0.3 is 5.73 Å². The molecule has 86 valence electrons. The van der Waals surface area contributed by atoms with Crippen LogP contribution in [0.4, 0.5) is 5.69 Å². The summed E-state index contributed by atoms with van der Waals surface area (Å²) in [5.74, 6) is 5.46. The number of nitrogens with one attached hydrogen (secondary N) is 1. The van der Waals surface area contributed by atoms with Crippen molar-refractivity contribution in [2.24, 2.45) is 5.73 Å². The number of rotatable bonds is 2. The minimum absolute atomic E-state index is 0.247. The van der Waals surface area contributed by atoms with Crippen LogP contribution in [0, 0.1) is 11.8 Å². The van der Waals surface area contributed by atoms with E-state index in [2.05, 4.69) is 16.6 Å². The van der Waals surface area contributed by atoms with Crippen LogP contribution in [0.2, 0.25) is 5.02 Å². The summed E-state index contributed by atoms with van der Waals surface area (Å²) in [5.41, 5.74) is 6.20. The fraction of sp³-hybridized carbons (Fsp3) is 0.200. The average molecular weight is 259 g/mol. The van der Waals surface area contributed by atoms with Gasteiger partial charge in [-0.3, -0.25) is 4.72 Å². The third kappa shape index (κ3) is 4.11. The standard InChI is InChI=1S/C10H11ClN2O2S/c1-16(14,15)13-10-7-8(3-2-6-12)4-5-9(10)11/h4-5,7,13H,6,12H2,1H3. The highest BCUT2D eigenvalue weighted by Gasteiger charge is 2.06. The van der Waals surface area contributed by atoms with E-state index in [0.29, 0.717) is 16.3 Å². The van der Waals surface area contributed by atoms with Gasteiger partial charge in [0, 0.05) is 5.56 Å². The molecule has 0 aromatic heterocycles. The third-order valence-corrected chi connectivity index (χ3v) is 2.52. The van der Waals surface area contributed by atoms with Gasteiger partial charge in [0.2, 0.25) is 10.0 Å². The Morgan fingerprint density at radius 2 is 2.19 bits per heavy atom. The van der Waals surface area contributed by atoms with Gasteiger partial charge in [-0.2, -0.15) is 0 Å². The van der Waals surface area contributed by atoms with Gasteiger partial charge in [-0.15, -0.1) is 0 Å². The Morgan fingerprint density at radius 1 is 1.50 bits per heavy atom. The highest BCUT2D eigenvalue weighted by Crippen LogP contribution is 2.23. The topological polar surface area (TPSA) is 72.2 Å². The second kappa shape index (κ2) is 5.21. The van der Waals surface area contributed by atoms with Crippen molar-refractivity contribution >= 4 is 27.3 Å². The highest BCUT2D eigenvalue weighted by atomic mass is 35.5. The molecular weight excluding hydrogens is 248 g/mol. The minimum Gasteiger partial charge on any atom is -0.320 e. The van der Waals surface area contributed by atoms with Gasteiger partial charge in [0.05, 0.1) is 23.5 Å². The quantitative estimate of drug-likeness (QED) is 0.778. The van der Waals surface area contributed by atoms with E-state index < -0.39 is 10.0 Å². The number of anilines is 1. The van der Waals surface area contributed by atoms with Gasteiger partial charge in [0.15, 0.2) is 0 Å². The molecule has 0 heterocycles. The molecule has 16 heavy (non-hydrogen) atoms. The van der Waals surface area contributed by atoms with E-state index in [0.717, 1.165) is 6.26 Å². The van der Waals surface area contributed by atoms with E-state index in [4.69, 9.17) is 17.3 Å². The van der Waals surface area contributed by atoms with Crippen LogP contribution >= 0.6 is 11.6 Å². The summed E-state index contributed by atoms with van der Waals surface area (Å²) in [7, 11) is -3.34. The first-order valence-corrected chi connectivity index (χ1v) is 6.65. The molecule has 0 fully saturated rings. The molecule has 0 saturated carbocycles. The van der Waals surface area contributed by atoms with Crippen LogP contribution < -0.4 is 10.5 Å². The molecule has 0 atom stereocenters. The molecule has 1 rings (SSSR count). The number of benzene rings is 1. The van der Waals surface area contributed by atoms with Crippen LogP contribution in [0.15, 0.2) is 18.2 Å². The third-order valence-electron chi connectivity index (χ3n) is 1.60. The van der Waals surface area contributed by atoms with E-state index in [1.807, 2.05) is 0 Å². The van der Waals surface area contributed by atoms with Crippen LogP contribution in [0.1, 0.15) is 5.56 Å². The van der Waals surface area contributed by atoms with Crippen LogP contribution in [0.5, 0.6) is 0 Å². The molecule has 0 aliphatic carbocycles. The predicted octanol–water partition coefficient (Wildman–Crippen LogP) is 1.02. The van der Waals surface area contributed by atoms with Crippen LogP contribution in [0.25, 0.3) is 0 Å². The molecule has 0 radical (unpaired) electrons. The normalized spacial score (nSPS) is 10.4. The summed E-state index contributed by atoms with van der Waals surface area (Å²) in [6, 6.07) is 4.83. The molecule has 1 aromatic rings. The first-order valence-electron chi connectivity index (χ1n) is 4.38. The zero-order valence-corrected chi connectivity index (χ0v) is 10.2. The second-order valence-corrected chi connectivity index (χ2v) is 5.23. The summed E-state index contributed by atoms with van der Waals surface area (Å²) < 4.78 is 24.4. The molecule has 6 heteroatoms. The smallest absolute Gasteiger partial charge is 0.229 e. The lowest BCUT2D eigenvalue weighted by atomic mass is 10.2. The van der Waals surface area contributed by atoms with Crippen molar-refractivity contribution in [3.63, 3.8) is 0 Å². The van der Waals surface area contributed by atoms with E-state index in [9.17, 15) is 8.42 Å². The number of sulfonamides is 1. The Bertz CT molecular complexity index is 544. The van der Waals surface area contributed by atoms with Crippen molar-refractivity contribution in [3.8, 4) is 11.8 Å². The SMILES string of the molecule is CS(=O)(=O)Nc1cc(C#CCN)ccc1Cl. The largest absolute Gasteiger partial charge is 0.320 e. The maximum Gasteiger partial charge on any atom is 0.229 e. The van der Waals surface area contributed by atoms with Gasteiger partial charge in [-0.1, -0.05) is 23.4 Å². The number of nitrogens with two attached hydrogens (primary N) is 1. The molecule has 1 aromatic carbocycles. The molecule has 0 amide bonds. The van der Waals surface area contributed by atoms with E-state index in [-0.39, 0.29) is 6.54 Å². The van der Waals surface area contributed by atoms with Crippen molar-refractivity contribution in [1.82, 2.24) is 0 Å². The summed E-state index contributed by atoms with van der Waals surface area (Å²) in [6.07, 6.45) is 1.06. The molecule has 0 aliphatic heterocycles. The Balaban J connectivity index is 3.09. The molecule has 0 bridgehead atoms. The average Bonchev–Trinajstić information content (AvgIpc) is 2.17. The van der Waals surface area contributed by atoms with Gasteiger partial charge >= 0.3 is 0 Å². The van der Waals surface area contributed by atoms with Crippen molar-refractivity contribution in [2.45, 2.75) is 0 Å². The number of hydrogen-bond donors (Lipinski definition) is 2. The predicted molar refractivity (Wildman–Crippen MR) is 65.9 cm³/mol. The number of halogens is 1. The first-order chi connectivity index (χ1) is 7.42. The van der Waals surface area contributed by atoms with Crippen molar-refractivity contribution in [2.75, 3.05) is 17.5 Å². The molecule has 4 nitrogen and oxygen atoms in total. The maximum atomic E-state index is 11.1. The lowest BCUT2D eigenvalue weighted by Gasteiger charge is -2.06. The van der Waals surface area contributed by atoms with E-state index >= 15 is 0 Å². The molecular formula is C10H11ClN2O2S.